The molecule has 1 aliphatic carbocycles. The van der Waals surface area contributed by atoms with E-state index in [1.807, 2.05) is 37.0 Å². The first-order valence-corrected chi connectivity index (χ1v) is 8.51. The summed E-state index contributed by atoms with van der Waals surface area (Å²) in [5.74, 6) is 0.980. The molecule has 1 aliphatic rings. The highest BCUT2D eigenvalue weighted by Crippen LogP contribution is 2.38. The molecule has 0 amide bonds. The van der Waals surface area contributed by atoms with E-state index in [4.69, 9.17) is 16.7 Å². The summed E-state index contributed by atoms with van der Waals surface area (Å²) in [5, 5.41) is 13.5. The molecule has 0 aromatic carbocycles. The molecule has 1 saturated carbocycles. The minimum atomic E-state index is 0.302. The van der Waals surface area contributed by atoms with Crippen LogP contribution in [0.4, 0.5) is 5.82 Å². The average molecular weight is 326 g/mol. The zero-order valence-electron chi connectivity index (χ0n) is 14.4. The van der Waals surface area contributed by atoms with Gasteiger partial charge in [0.2, 0.25) is 0 Å². The highest BCUT2D eigenvalue weighted by Gasteiger charge is 2.29. The van der Waals surface area contributed by atoms with Gasteiger partial charge in [-0.25, -0.2) is 0 Å². The number of rotatable bonds is 4. The summed E-state index contributed by atoms with van der Waals surface area (Å²) < 4.78 is 1.98. The number of aromatic amines is 1. The maximum absolute atomic E-state index is 8.96. The molecule has 128 valence electrons. The topological polar surface area (TPSA) is 109 Å². The van der Waals surface area contributed by atoms with Gasteiger partial charge in [0.05, 0.1) is 18.3 Å². The first kappa shape index (κ1) is 17.7. The van der Waals surface area contributed by atoms with Crippen molar-refractivity contribution >= 4 is 11.4 Å². The summed E-state index contributed by atoms with van der Waals surface area (Å²) in [4.78, 5) is 2.96. The Morgan fingerprint density at radius 1 is 1.50 bits per heavy atom. The van der Waals surface area contributed by atoms with Gasteiger partial charge in [-0.3, -0.25) is 4.68 Å². The second-order valence-electron chi connectivity index (χ2n) is 5.71. The van der Waals surface area contributed by atoms with Gasteiger partial charge in [-0.1, -0.05) is 20.3 Å². The van der Waals surface area contributed by atoms with Gasteiger partial charge in [0.1, 0.15) is 5.82 Å². The lowest BCUT2D eigenvalue weighted by atomic mass is 10.0. The van der Waals surface area contributed by atoms with Crippen LogP contribution < -0.4 is 11.5 Å². The predicted octanol–water partition coefficient (Wildman–Crippen LogP) is 3.42. The van der Waals surface area contributed by atoms with Crippen LogP contribution in [0.2, 0.25) is 0 Å². The number of nitrogens with one attached hydrogen (secondary N) is 1. The molecule has 5 N–H and O–H groups in total. The smallest absolute Gasteiger partial charge is 0.108 e. The Kier molecular flexibility index (Phi) is 6.07. The molecule has 24 heavy (non-hydrogen) atoms. The van der Waals surface area contributed by atoms with Gasteiger partial charge in [-0.2, -0.15) is 10.4 Å². The number of hydrogen-bond acceptors (Lipinski definition) is 4. The second kappa shape index (κ2) is 8.25. The minimum absolute atomic E-state index is 0.302. The quantitative estimate of drug-likeness (QED) is 0.799. The van der Waals surface area contributed by atoms with Crippen molar-refractivity contribution in [3.8, 4) is 6.07 Å². The van der Waals surface area contributed by atoms with E-state index in [1.165, 1.54) is 0 Å². The lowest BCUT2D eigenvalue weighted by Gasteiger charge is -2.17. The zero-order chi connectivity index (χ0) is 17.5. The number of nitrogen functional groups attached to an aromatic ring is 1. The van der Waals surface area contributed by atoms with Crippen LogP contribution in [0.3, 0.4) is 0 Å². The molecule has 6 nitrogen and oxygen atoms in total. The normalized spacial score (nSPS) is 20.3. The third-order valence-electron chi connectivity index (χ3n) is 4.46. The third-order valence-corrected chi connectivity index (χ3v) is 4.46. The Morgan fingerprint density at radius 3 is 2.92 bits per heavy atom. The van der Waals surface area contributed by atoms with Gasteiger partial charge in [0, 0.05) is 41.7 Å². The van der Waals surface area contributed by atoms with E-state index in [2.05, 4.69) is 16.2 Å². The van der Waals surface area contributed by atoms with Crippen LogP contribution in [0.25, 0.3) is 5.57 Å². The largest absolute Gasteiger partial charge is 0.404 e. The van der Waals surface area contributed by atoms with E-state index in [0.29, 0.717) is 24.2 Å². The van der Waals surface area contributed by atoms with Crippen LogP contribution in [0, 0.1) is 17.2 Å². The third kappa shape index (κ3) is 3.46. The summed E-state index contributed by atoms with van der Waals surface area (Å²) in [6.45, 7) is 4.00. The van der Waals surface area contributed by atoms with Crippen LogP contribution in [0.1, 0.15) is 56.7 Å². The van der Waals surface area contributed by atoms with Crippen LogP contribution in [-0.4, -0.2) is 14.8 Å². The lowest BCUT2D eigenvalue weighted by molar-refractivity contribution is 0.356. The summed E-state index contributed by atoms with van der Waals surface area (Å²) in [6.07, 6.45) is 11.1. The Bertz CT molecular complexity index is 718. The molecule has 6 heteroatoms. The van der Waals surface area contributed by atoms with Crippen molar-refractivity contribution in [3.63, 3.8) is 0 Å². The summed E-state index contributed by atoms with van der Waals surface area (Å²) >= 11 is 0. The fraction of sp³-hybridized carbons (Fsp3) is 0.444. The Labute approximate surface area is 143 Å². The predicted molar refractivity (Wildman–Crippen MR) is 96.7 cm³/mol. The Hall–Kier alpha value is -2.68. The minimum Gasteiger partial charge on any atom is -0.404 e. The maximum atomic E-state index is 8.96. The molecule has 0 spiro atoms. The summed E-state index contributed by atoms with van der Waals surface area (Å²) in [7, 11) is 0. The monoisotopic (exact) mass is 326 g/mol. The molecule has 2 atom stereocenters. The van der Waals surface area contributed by atoms with Gasteiger partial charge >= 0.3 is 0 Å². The second-order valence-corrected chi connectivity index (χ2v) is 5.71. The van der Waals surface area contributed by atoms with Crippen molar-refractivity contribution in [2.45, 2.75) is 45.6 Å². The first-order chi connectivity index (χ1) is 11.7. The highest BCUT2D eigenvalue weighted by molar-refractivity contribution is 5.83. The number of H-pyrrole nitrogens is 1. The molecule has 0 aliphatic heterocycles. The van der Waals surface area contributed by atoms with E-state index >= 15 is 0 Å². The number of aromatic nitrogens is 3. The van der Waals surface area contributed by atoms with E-state index in [-0.39, 0.29) is 0 Å². The molecular weight excluding hydrogens is 300 g/mol. The number of nitrogens with two attached hydrogens (primary N) is 2. The molecular formula is C18H26N6. The van der Waals surface area contributed by atoms with Crippen LogP contribution >= 0.6 is 0 Å². The van der Waals surface area contributed by atoms with E-state index in [0.717, 1.165) is 36.0 Å². The number of nitriles is 1. The molecule has 2 aromatic rings. The molecule has 1 fully saturated rings. The fourth-order valence-electron chi connectivity index (χ4n) is 3.34. The Morgan fingerprint density at radius 2 is 2.29 bits per heavy atom. The molecule has 0 radical (unpaired) electrons. The van der Waals surface area contributed by atoms with Gasteiger partial charge < -0.3 is 16.5 Å². The standard InChI is InChI=1S/C16H20N6.C2H6/c17-6-4-11-2-1-3-15(11)22-10-12(9-21-22)14(8-18)13-5-7-20-16(13)19;1-2/h5,7-11,15,20H,1-4,18-19H2;1-2H3/b14-8-;. The van der Waals surface area contributed by atoms with Crippen molar-refractivity contribution in [2.24, 2.45) is 11.7 Å². The summed E-state index contributed by atoms with van der Waals surface area (Å²) in [5.41, 5.74) is 14.4. The SMILES string of the molecule is CC.N#CCC1CCCC1n1cc(/C(=C/N)c2cc[nH]c2N)cn1. The molecule has 0 saturated heterocycles. The number of nitrogens with zero attached hydrogens (tertiary/aromatic N) is 3. The Balaban J connectivity index is 0.00000100. The van der Waals surface area contributed by atoms with Crippen LogP contribution in [0.15, 0.2) is 30.9 Å². The zero-order valence-corrected chi connectivity index (χ0v) is 14.4. The van der Waals surface area contributed by atoms with Gasteiger partial charge in [0.25, 0.3) is 0 Å². The number of hydrogen-bond donors (Lipinski definition) is 3. The van der Waals surface area contributed by atoms with Gasteiger partial charge in [-0.05, 0) is 24.8 Å². The van der Waals surface area contributed by atoms with E-state index in [9.17, 15) is 0 Å². The van der Waals surface area contributed by atoms with Crippen molar-refractivity contribution in [1.82, 2.24) is 14.8 Å². The van der Waals surface area contributed by atoms with Crippen molar-refractivity contribution < 1.29 is 0 Å². The van der Waals surface area contributed by atoms with Crippen LogP contribution in [0.5, 0.6) is 0 Å². The molecule has 2 aromatic heterocycles. The molecule has 2 heterocycles. The summed E-state index contributed by atoms with van der Waals surface area (Å²) in [6, 6.07) is 4.49. The highest BCUT2D eigenvalue weighted by atomic mass is 15.3. The van der Waals surface area contributed by atoms with Crippen molar-refractivity contribution in [2.75, 3.05) is 5.73 Å². The maximum Gasteiger partial charge on any atom is 0.108 e. The van der Waals surface area contributed by atoms with E-state index < -0.39 is 0 Å². The van der Waals surface area contributed by atoms with Gasteiger partial charge in [0.15, 0.2) is 0 Å². The van der Waals surface area contributed by atoms with E-state index in [1.54, 1.807) is 12.4 Å². The van der Waals surface area contributed by atoms with Crippen molar-refractivity contribution in [1.29, 1.82) is 5.26 Å². The molecule has 2 unspecified atom stereocenters. The molecule has 0 bridgehead atoms. The lowest BCUT2D eigenvalue weighted by Crippen LogP contribution is -2.14. The average Bonchev–Trinajstić information content (AvgIpc) is 3.33. The van der Waals surface area contributed by atoms with Crippen molar-refractivity contribution in [3.05, 3.63) is 42.0 Å². The number of anilines is 1. The van der Waals surface area contributed by atoms with Crippen LogP contribution in [-0.2, 0) is 0 Å². The fourth-order valence-corrected chi connectivity index (χ4v) is 3.34. The first-order valence-electron chi connectivity index (χ1n) is 8.51. The molecule has 3 rings (SSSR count). The van der Waals surface area contributed by atoms with Gasteiger partial charge in [-0.15, -0.1) is 0 Å².